The first kappa shape index (κ1) is 24.0. The van der Waals surface area contributed by atoms with E-state index in [9.17, 15) is 9.59 Å². The molecule has 5 aliphatic rings. The number of hydrogen-bond donors (Lipinski definition) is 0. The zero-order valence-corrected chi connectivity index (χ0v) is 20.9. The lowest BCUT2D eigenvalue weighted by Crippen LogP contribution is -2.77. The van der Waals surface area contributed by atoms with Crippen LogP contribution in [0.15, 0.2) is 0 Å². The zero-order valence-electron chi connectivity index (χ0n) is 20.9. The molecule has 3 aliphatic heterocycles. The summed E-state index contributed by atoms with van der Waals surface area (Å²) in [5.41, 5.74) is 0. The van der Waals surface area contributed by atoms with Gasteiger partial charge in [-0.25, -0.2) is 0 Å². The molecule has 0 atom stereocenters. The van der Waals surface area contributed by atoms with Gasteiger partial charge in [-0.3, -0.25) is 9.59 Å². The molecular formula is C26H48N4O2+2. The molecular weight excluding hydrogens is 400 g/mol. The minimum Gasteiger partial charge on any atom is -0.335 e. The molecule has 2 aliphatic carbocycles. The van der Waals surface area contributed by atoms with Gasteiger partial charge in [0.1, 0.15) is 39.3 Å². The van der Waals surface area contributed by atoms with Crippen LogP contribution in [-0.2, 0) is 9.59 Å². The molecule has 6 nitrogen and oxygen atoms in total. The normalized spacial score (nSPS) is 31.4. The van der Waals surface area contributed by atoms with Crippen molar-refractivity contribution in [2.45, 2.75) is 90.1 Å². The number of fused-ring (bicyclic) bond motifs is 3. The molecule has 0 radical (unpaired) electrons. The molecule has 0 unspecified atom stereocenters. The number of carbonyl (C=O) groups excluding carboxylic acids is 2. The average molecular weight is 449 g/mol. The van der Waals surface area contributed by atoms with E-state index in [2.05, 4.69) is 23.6 Å². The molecule has 0 N–H and O–H groups in total. The number of likely N-dealkylation sites (N-methyl/N-ethyl adjacent to an activating group) is 2. The SMILES string of the molecule is CCN(C(=O)C[N+]12CC[N+](CC(=O)N(CC)C3CCCCC3)(CC1)CC2)C1CCCCC1. The lowest BCUT2D eigenvalue weighted by Gasteiger charge is -2.55. The Morgan fingerprint density at radius 3 is 1.19 bits per heavy atom. The summed E-state index contributed by atoms with van der Waals surface area (Å²) in [5.74, 6) is 0.763. The highest BCUT2D eigenvalue weighted by Crippen LogP contribution is 2.29. The van der Waals surface area contributed by atoms with Gasteiger partial charge in [0.2, 0.25) is 0 Å². The molecule has 0 spiro atoms. The van der Waals surface area contributed by atoms with Gasteiger partial charge in [-0.2, -0.15) is 0 Å². The molecule has 5 rings (SSSR count). The summed E-state index contributed by atoms with van der Waals surface area (Å²) in [6.45, 7) is 13.8. The Kier molecular flexibility index (Phi) is 7.81. The topological polar surface area (TPSA) is 40.6 Å². The summed E-state index contributed by atoms with van der Waals surface area (Å²) in [5, 5.41) is 0. The molecule has 2 bridgehead atoms. The first-order valence-corrected chi connectivity index (χ1v) is 13.8. The highest BCUT2D eigenvalue weighted by Gasteiger charge is 2.51. The van der Waals surface area contributed by atoms with Crippen LogP contribution in [0.2, 0.25) is 0 Å². The third kappa shape index (κ3) is 5.16. The van der Waals surface area contributed by atoms with Crippen LogP contribution in [0.4, 0.5) is 0 Å². The summed E-state index contributed by atoms with van der Waals surface area (Å²) < 4.78 is 1.94. The van der Waals surface area contributed by atoms with Crippen LogP contribution in [0.3, 0.4) is 0 Å². The highest BCUT2D eigenvalue weighted by molar-refractivity contribution is 5.78. The molecule has 0 aromatic heterocycles. The Morgan fingerprint density at radius 1 is 0.594 bits per heavy atom. The highest BCUT2D eigenvalue weighted by atomic mass is 16.2. The molecule has 3 saturated heterocycles. The lowest BCUT2D eigenvalue weighted by molar-refractivity contribution is -1.07. The predicted octanol–water partition coefficient (Wildman–Crippen LogP) is 3.01. The molecule has 0 aromatic rings. The molecule has 32 heavy (non-hydrogen) atoms. The van der Waals surface area contributed by atoms with Crippen molar-refractivity contribution in [1.82, 2.24) is 9.80 Å². The fourth-order valence-corrected chi connectivity index (χ4v) is 7.24. The first-order valence-electron chi connectivity index (χ1n) is 13.8. The van der Waals surface area contributed by atoms with Gasteiger partial charge >= 0.3 is 0 Å². The summed E-state index contributed by atoms with van der Waals surface area (Å²) in [6, 6.07) is 0.947. The maximum Gasteiger partial charge on any atom is 0.278 e. The number of amides is 2. The quantitative estimate of drug-likeness (QED) is 0.536. The van der Waals surface area contributed by atoms with E-state index >= 15 is 0 Å². The second-order valence-electron chi connectivity index (χ2n) is 11.3. The largest absolute Gasteiger partial charge is 0.335 e. The van der Waals surface area contributed by atoms with Gasteiger partial charge in [0.25, 0.3) is 11.8 Å². The molecule has 6 heteroatoms. The standard InChI is InChI=1S/C26H48N4O2/c1-3-27(23-11-7-5-8-12-23)25(31)21-29-15-18-30(19-16-29,20-17-29)22-26(32)28(4-2)24-13-9-6-10-14-24/h23-24H,3-22H2,1-2H3/q+2. The molecule has 5 fully saturated rings. The van der Waals surface area contributed by atoms with Crippen LogP contribution >= 0.6 is 0 Å². The van der Waals surface area contributed by atoms with E-state index in [1.807, 2.05) is 0 Å². The summed E-state index contributed by atoms with van der Waals surface area (Å²) in [4.78, 5) is 31.1. The first-order chi connectivity index (χ1) is 15.5. The van der Waals surface area contributed by atoms with Crippen molar-refractivity contribution >= 4 is 11.8 Å². The number of hydrogen-bond acceptors (Lipinski definition) is 2. The maximum absolute atomic E-state index is 13.3. The molecule has 3 heterocycles. The number of quaternary nitrogens is 2. The van der Waals surface area contributed by atoms with Gasteiger partial charge in [-0.05, 0) is 39.5 Å². The van der Waals surface area contributed by atoms with Gasteiger partial charge in [0.15, 0.2) is 13.1 Å². The van der Waals surface area contributed by atoms with E-state index in [0.29, 0.717) is 37.0 Å². The fourth-order valence-electron chi connectivity index (χ4n) is 7.24. The van der Waals surface area contributed by atoms with Crippen LogP contribution in [-0.4, -0.2) is 108 Å². The predicted molar refractivity (Wildman–Crippen MR) is 128 cm³/mol. The summed E-state index contributed by atoms with van der Waals surface area (Å²) in [6.07, 6.45) is 12.5. The summed E-state index contributed by atoms with van der Waals surface area (Å²) >= 11 is 0. The minimum atomic E-state index is 0.381. The van der Waals surface area contributed by atoms with Gasteiger partial charge in [0.05, 0.1) is 0 Å². The Balaban J connectivity index is 1.32. The van der Waals surface area contributed by atoms with E-state index in [0.717, 1.165) is 61.3 Å². The van der Waals surface area contributed by atoms with Crippen molar-refractivity contribution in [2.24, 2.45) is 0 Å². The lowest BCUT2D eigenvalue weighted by atomic mass is 9.94. The van der Waals surface area contributed by atoms with Crippen molar-refractivity contribution < 1.29 is 18.6 Å². The number of piperazine rings is 3. The van der Waals surface area contributed by atoms with Crippen LogP contribution < -0.4 is 0 Å². The smallest absolute Gasteiger partial charge is 0.278 e. The van der Waals surface area contributed by atoms with Gasteiger partial charge in [0, 0.05) is 25.2 Å². The van der Waals surface area contributed by atoms with Crippen molar-refractivity contribution in [3.05, 3.63) is 0 Å². The van der Waals surface area contributed by atoms with Crippen LogP contribution in [0.5, 0.6) is 0 Å². The molecule has 2 amide bonds. The van der Waals surface area contributed by atoms with Gasteiger partial charge < -0.3 is 18.8 Å². The van der Waals surface area contributed by atoms with Crippen LogP contribution in [0, 0.1) is 0 Å². The van der Waals surface area contributed by atoms with Gasteiger partial charge in [-0.15, -0.1) is 0 Å². The minimum absolute atomic E-state index is 0.381. The third-order valence-corrected chi connectivity index (χ3v) is 9.44. The summed E-state index contributed by atoms with van der Waals surface area (Å²) in [7, 11) is 0. The van der Waals surface area contributed by atoms with Crippen molar-refractivity contribution in [3.8, 4) is 0 Å². The monoisotopic (exact) mass is 448 g/mol. The Bertz CT molecular complexity index is 574. The number of carbonyl (C=O) groups is 2. The number of nitrogens with zero attached hydrogens (tertiary/aromatic N) is 4. The maximum atomic E-state index is 13.3. The average Bonchev–Trinajstić information content (AvgIpc) is 2.82. The van der Waals surface area contributed by atoms with Crippen LogP contribution in [0.25, 0.3) is 0 Å². The van der Waals surface area contributed by atoms with E-state index in [4.69, 9.17) is 0 Å². The Morgan fingerprint density at radius 2 is 0.906 bits per heavy atom. The van der Waals surface area contributed by atoms with Crippen molar-refractivity contribution in [2.75, 3.05) is 65.4 Å². The van der Waals surface area contributed by atoms with E-state index in [-0.39, 0.29) is 0 Å². The number of rotatable bonds is 8. The van der Waals surface area contributed by atoms with E-state index in [1.165, 1.54) is 64.2 Å². The van der Waals surface area contributed by atoms with Crippen LogP contribution in [0.1, 0.15) is 78.1 Å². The second kappa shape index (κ2) is 10.4. The second-order valence-corrected chi connectivity index (χ2v) is 11.3. The Hall–Kier alpha value is -1.14. The van der Waals surface area contributed by atoms with Crippen molar-refractivity contribution in [1.29, 1.82) is 0 Å². The van der Waals surface area contributed by atoms with E-state index in [1.54, 1.807) is 0 Å². The molecule has 2 saturated carbocycles. The van der Waals surface area contributed by atoms with Gasteiger partial charge in [-0.1, -0.05) is 38.5 Å². The zero-order chi connectivity index (χ0) is 22.6. The Labute approximate surface area is 196 Å². The fraction of sp³-hybridized carbons (Fsp3) is 0.923. The van der Waals surface area contributed by atoms with E-state index < -0.39 is 0 Å². The third-order valence-electron chi connectivity index (χ3n) is 9.44. The molecule has 0 aromatic carbocycles. The molecule has 182 valence electrons. The van der Waals surface area contributed by atoms with Crippen molar-refractivity contribution in [3.63, 3.8) is 0 Å².